The molecule has 0 unspecified atom stereocenters. The first-order chi connectivity index (χ1) is 15.0. The summed E-state index contributed by atoms with van der Waals surface area (Å²) in [5.74, 6) is -0.680. The lowest BCUT2D eigenvalue weighted by Gasteiger charge is -2.44. The second-order valence-corrected chi connectivity index (χ2v) is 9.66. The van der Waals surface area contributed by atoms with E-state index in [0.717, 1.165) is 6.26 Å². The van der Waals surface area contributed by atoms with Gasteiger partial charge in [0.1, 0.15) is 17.2 Å². The summed E-state index contributed by atoms with van der Waals surface area (Å²) >= 11 is 6.27. The highest BCUT2D eigenvalue weighted by molar-refractivity contribution is 7.88. The molecule has 2 aromatic heterocycles. The number of aromatic nitrogens is 3. The molecule has 1 aliphatic rings. The monoisotopic (exact) mass is 478 g/mol. The predicted molar refractivity (Wildman–Crippen MR) is 119 cm³/mol. The minimum atomic E-state index is -3.61. The summed E-state index contributed by atoms with van der Waals surface area (Å²) in [4.78, 5) is 38.1. The molecule has 0 bridgehead atoms. The van der Waals surface area contributed by atoms with Crippen molar-refractivity contribution < 1.29 is 18.0 Å². The van der Waals surface area contributed by atoms with E-state index in [9.17, 15) is 18.0 Å². The van der Waals surface area contributed by atoms with Crippen molar-refractivity contribution in [3.8, 4) is 11.4 Å². The van der Waals surface area contributed by atoms with Gasteiger partial charge in [-0.15, -0.1) is 0 Å². The number of piperazine rings is 1. The Kier molecular flexibility index (Phi) is 6.91. The zero-order valence-electron chi connectivity index (χ0n) is 17.8. The summed E-state index contributed by atoms with van der Waals surface area (Å²) in [5.41, 5.74) is 1.37. The fourth-order valence-corrected chi connectivity index (χ4v) is 5.37. The summed E-state index contributed by atoms with van der Waals surface area (Å²) in [7, 11) is -2.13. The number of hydrogen-bond acceptors (Lipinski definition) is 7. The van der Waals surface area contributed by atoms with E-state index in [0.29, 0.717) is 17.0 Å². The number of nitrogens with one attached hydrogen (secondary N) is 1. The van der Waals surface area contributed by atoms with Crippen LogP contribution in [0.4, 0.5) is 0 Å². The number of halogens is 1. The van der Waals surface area contributed by atoms with Gasteiger partial charge in [-0.3, -0.25) is 9.59 Å². The molecule has 2 amide bonds. The summed E-state index contributed by atoms with van der Waals surface area (Å²) in [6.45, 7) is 5.62. The number of nitrogens with zero attached hydrogens (tertiary/aromatic N) is 5. The van der Waals surface area contributed by atoms with Crippen LogP contribution in [0.1, 0.15) is 29.0 Å². The van der Waals surface area contributed by atoms with Gasteiger partial charge in [-0.1, -0.05) is 18.2 Å². The van der Waals surface area contributed by atoms with Crippen molar-refractivity contribution in [3.63, 3.8) is 0 Å². The van der Waals surface area contributed by atoms with Crippen LogP contribution < -0.4 is 5.32 Å². The molecule has 0 aromatic carbocycles. The van der Waals surface area contributed by atoms with Crippen LogP contribution in [0.25, 0.3) is 11.4 Å². The first-order valence-corrected chi connectivity index (χ1v) is 11.9. The molecule has 1 fully saturated rings. The van der Waals surface area contributed by atoms with Crippen molar-refractivity contribution in [1.82, 2.24) is 29.5 Å². The van der Waals surface area contributed by atoms with Crippen LogP contribution in [0.2, 0.25) is 5.15 Å². The van der Waals surface area contributed by atoms with E-state index < -0.39 is 22.1 Å². The average molecular weight is 479 g/mol. The van der Waals surface area contributed by atoms with Crippen molar-refractivity contribution >= 4 is 33.4 Å². The Hall–Kier alpha value is -2.89. The van der Waals surface area contributed by atoms with Crippen molar-refractivity contribution in [1.29, 1.82) is 0 Å². The Morgan fingerprint density at radius 2 is 1.94 bits per heavy atom. The quantitative estimate of drug-likeness (QED) is 0.506. The fraction of sp³-hybridized carbons (Fsp3) is 0.350. The van der Waals surface area contributed by atoms with E-state index in [1.54, 1.807) is 24.0 Å². The number of carbonyl (C=O) groups excluding carboxylic acids is 2. The summed E-state index contributed by atoms with van der Waals surface area (Å²) in [6, 6.07) is 3.51. The van der Waals surface area contributed by atoms with E-state index in [1.807, 2.05) is 0 Å². The van der Waals surface area contributed by atoms with Crippen molar-refractivity contribution in [2.45, 2.75) is 19.0 Å². The second kappa shape index (κ2) is 9.31. The highest BCUT2D eigenvalue weighted by atomic mass is 35.5. The Morgan fingerprint density at radius 1 is 1.22 bits per heavy atom. The Bertz CT molecular complexity index is 1170. The minimum Gasteiger partial charge on any atom is -0.354 e. The summed E-state index contributed by atoms with van der Waals surface area (Å²) < 4.78 is 26.6. The van der Waals surface area contributed by atoms with Crippen LogP contribution in [0.3, 0.4) is 0 Å². The predicted octanol–water partition coefficient (Wildman–Crippen LogP) is 1.27. The van der Waals surface area contributed by atoms with Gasteiger partial charge in [-0.2, -0.15) is 4.31 Å². The maximum atomic E-state index is 12.6. The molecule has 1 saturated heterocycles. The second-order valence-electron chi connectivity index (χ2n) is 7.38. The van der Waals surface area contributed by atoms with Crippen molar-refractivity contribution in [2.24, 2.45) is 0 Å². The minimum absolute atomic E-state index is 0.117. The molecular formula is C20H23ClN6O4S. The molecule has 10 nitrogen and oxygen atoms in total. The number of sulfonamides is 1. The third-order valence-corrected chi connectivity index (χ3v) is 6.65. The van der Waals surface area contributed by atoms with Gasteiger partial charge in [0.25, 0.3) is 5.91 Å². The number of amides is 2. The van der Waals surface area contributed by atoms with Crippen LogP contribution in [0.15, 0.2) is 37.2 Å². The smallest absolute Gasteiger partial charge is 0.269 e. The molecule has 0 radical (unpaired) electrons. The number of hydrogen-bond donors (Lipinski definition) is 1. The zero-order valence-corrected chi connectivity index (χ0v) is 19.4. The summed E-state index contributed by atoms with van der Waals surface area (Å²) in [5, 5.41) is 2.60. The molecule has 2 atom stereocenters. The number of rotatable bonds is 5. The van der Waals surface area contributed by atoms with Crippen LogP contribution in [0.5, 0.6) is 0 Å². The van der Waals surface area contributed by atoms with Gasteiger partial charge in [0.15, 0.2) is 0 Å². The molecular weight excluding hydrogens is 456 g/mol. The van der Waals surface area contributed by atoms with Gasteiger partial charge in [0, 0.05) is 26.2 Å². The zero-order chi connectivity index (χ0) is 23.6. The fourth-order valence-electron chi connectivity index (χ4n) is 3.78. The Balaban J connectivity index is 2.10. The maximum absolute atomic E-state index is 12.6. The average Bonchev–Trinajstić information content (AvgIpc) is 2.76. The summed E-state index contributed by atoms with van der Waals surface area (Å²) in [6.07, 6.45) is 3.56. The maximum Gasteiger partial charge on any atom is 0.269 e. The van der Waals surface area contributed by atoms with E-state index in [2.05, 4.69) is 26.8 Å². The Labute approximate surface area is 191 Å². The lowest BCUT2D eigenvalue weighted by Crippen LogP contribution is -2.56. The van der Waals surface area contributed by atoms with Crippen LogP contribution >= 0.6 is 11.6 Å². The van der Waals surface area contributed by atoms with Gasteiger partial charge in [0.05, 0.1) is 23.7 Å². The molecule has 1 N–H and O–H groups in total. The molecule has 170 valence electrons. The van der Waals surface area contributed by atoms with E-state index in [1.165, 1.54) is 29.8 Å². The molecule has 0 spiro atoms. The highest BCUT2D eigenvalue weighted by Gasteiger charge is 2.40. The first kappa shape index (κ1) is 23.8. The van der Waals surface area contributed by atoms with Gasteiger partial charge in [0.2, 0.25) is 15.9 Å². The van der Waals surface area contributed by atoms with Crippen molar-refractivity contribution in [3.05, 3.63) is 53.6 Å². The molecule has 32 heavy (non-hydrogen) atoms. The third-order valence-electron chi connectivity index (χ3n) is 5.08. The normalized spacial score (nSPS) is 19.4. The molecule has 3 rings (SSSR count). The molecule has 12 heteroatoms. The van der Waals surface area contributed by atoms with Gasteiger partial charge >= 0.3 is 0 Å². The SMILES string of the molecule is C=CC(=O)N1C[C@H](C)N(S(C)(=O)=O)[C@H](c2cc(Cl)nc(-c3cc(C(=O)NC)ncn3)c2)C1. The Morgan fingerprint density at radius 3 is 2.56 bits per heavy atom. The standard InChI is InChI=1S/C20H23ClN6O4S/c1-5-19(28)26-9-12(2)27(32(4,30)31)17(10-26)13-6-15(25-18(21)7-13)14-8-16(20(29)22-3)24-11-23-14/h5-8,11-12,17H,1,9-10H2,2-4H3,(H,22,29)/t12-,17-/m0/s1. The van der Waals surface area contributed by atoms with E-state index in [-0.39, 0.29) is 35.8 Å². The largest absolute Gasteiger partial charge is 0.354 e. The topological polar surface area (TPSA) is 125 Å². The van der Waals surface area contributed by atoms with Gasteiger partial charge < -0.3 is 10.2 Å². The molecule has 0 saturated carbocycles. The molecule has 1 aliphatic heterocycles. The van der Waals surface area contributed by atoms with Crippen molar-refractivity contribution in [2.75, 3.05) is 26.4 Å². The molecule has 2 aromatic rings. The molecule has 0 aliphatic carbocycles. The molecule has 3 heterocycles. The van der Waals surface area contributed by atoms with Crippen LogP contribution in [-0.2, 0) is 14.8 Å². The third kappa shape index (κ3) is 4.95. The lowest BCUT2D eigenvalue weighted by molar-refractivity contribution is -0.129. The van der Waals surface area contributed by atoms with Gasteiger partial charge in [-0.05, 0) is 36.8 Å². The number of carbonyl (C=O) groups is 2. The highest BCUT2D eigenvalue weighted by Crippen LogP contribution is 2.34. The number of pyridine rings is 1. The van der Waals surface area contributed by atoms with Gasteiger partial charge in [-0.25, -0.2) is 23.4 Å². The van der Waals surface area contributed by atoms with E-state index in [4.69, 9.17) is 11.6 Å². The lowest BCUT2D eigenvalue weighted by atomic mass is 10.0. The van der Waals surface area contributed by atoms with Crippen LogP contribution in [-0.4, -0.2) is 76.8 Å². The van der Waals surface area contributed by atoms with Crippen LogP contribution in [0, 0.1) is 0 Å². The van der Waals surface area contributed by atoms with E-state index >= 15 is 0 Å². The first-order valence-electron chi connectivity index (χ1n) is 9.67.